The summed E-state index contributed by atoms with van der Waals surface area (Å²) in [6.07, 6.45) is 1.59. The van der Waals surface area contributed by atoms with Crippen LogP contribution >= 0.6 is 0 Å². The fraction of sp³-hybridized carbons (Fsp3) is 0.278. The van der Waals surface area contributed by atoms with Gasteiger partial charge in [-0.25, -0.2) is 0 Å². The number of benzene rings is 2. The Labute approximate surface area is 120 Å². The number of rotatable bonds is 5. The van der Waals surface area contributed by atoms with Crippen LogP contribution < -0.4 is 0 Å². The van der Waals surface area contributed by atoms with Crippen LogP contribution in [-0.2, 0) is 16.8 Å². The molecule has 2 rings (SSSR count). The molecule has 0 saturated heterocycles. The maximum atomic E-state index is 11.4. The van der Waals surface area contributed by atoms with Crippen molar-refractivity contribution < 1.29 is 9.90 Å². The first-order valence-electron chi connectivity index (χ1n) is 6.90. The maximum Gasteiger partial charge on any atom is 0.170 e. The van der Waals surface area contributed by atoms with Gasteiger partial charge in [-0.1, -0.05) is 68.4 Å². The predicted molar refractivity (Wildman–Crippen MR) is 80.5 cm³/mol. The van der Waals surface area contributed by atoms with E-state index in [1.165, 1.54) is 5.56 Å². The average Bonchev–Trinajstić information content (AvgIpc) is 2.47. The minimum Gasteiger partial charge on any atom is -0.373 e. The molecule has 20 heavy (non-hydrogen) atoms. The van der Waals surface area contributed by atoms with Gasteiger partial charge in [0.1, 0.15) is 0 Å². The second-order valence-corrected chi connectivity index (χ2v) is 5.55. The van der Waals surface area contributed by atoms with Crippen molar-refractivity contribution >= 4 is 6.29 Å². The SMILES string of the molecule is CC(C)Cc1ccc(C(O)(C=O)c2ccccc2)cc1. The quantitative estimate of drug-likeness (QED) is 0.845. The molecule has 104 valence electrons. The van der Waals surface area contributed by atoms with E-state index in [-0.39, 0.29) is 0 Å². The number of carbonyl (C=O) groups is 1. The van der Waals surface area contributed by atoms with E-state index < -0.39 is 5.60 Å². The number of carbonyl (C=O) groups excluding carboxylic acids is 1. The smallest absolute Gasteiger partial charge is 0.170 e. The van der Waals surface area contributed by atoms with Crippen molar-refractivity contribution in [3.05, 3.63) is 71.3 Å². The predicted octanol–water partition coefficient (Wildman–Crippen LogP) is 3.32. The van der Waals surface area contributed by atoms with Crippen molar-refractivity contribution in [1.29, 1.82) is 0 Å². The van der Waals surface area contributed by atoms with Gasteiger partial charge < -0.3 is 5.11 Å². The summed E-state index contributed by atoms with van der Waals surface area (Å²) in [6.45, 7) is 4.33. The van der Waals surface area contributed by atoms with Gasteiger partial charge in [0, 0.05) is 0 Å². The Balaban J connectivity index is 2.35. The third kappa shape index (κ3) is 2.97. The summed E-state index contributed by atoms with van der Waals surface area (Å²) in [5.41, 5.74) is 0.834. The summed E-state index contributed by atoms with van der Waals surface area (Å²) in [5.74, 6) is 0.583. The lowest BCUT2D eigenvalue weighted by atomic mass is 9.87. The molecule has 1 N–H and O–H groups in total. The molecular weight excluding hydrogens is 248 g/mol. The van der Waals surface area contributed by atoms with Crippen LogP contribution in [0.3, 0.4) is 0 Å². The van der Waals surface area contributed by atoms with Gasteiger partial charge in [-0.05, 0) is 29.0 Å². The van der Waals surface area contributed by atoms with Crippen LogP contribution in [0.2, 0.25) is 0 Å². The van der Waals surface area contributed by atoms with Crippen molar-refractivity contribution in [2.75, 3.05) is 0 Å². The Bertz CT molecular complexity index is 558. The molecular formula is C18H20O2. The van der Waals surface area contributed by atoms with Gasteiger partial charge >= 0.3 is 0 Å². The van der Waals surface area contributed by atoms with Crippen LogP contribution in [0.25, 0.3) is 0 Å². The normalized spacial score (nSPS) is 14.0. The van der Waals surface area contributed by atoms with E-state index in [1.807, 2.05) is 42.5 Å². The molecule has 0 spiro atoms. The molecule has 2 aromatic carbocycles. The average molecular weight is 268 g/mol. The summed E-state index contributed by atoms with van der Waals surface area (Å²) in [4.78, 5) is 11.4. The highest BCUT2D eigenvalue weighted by Gasteiger charge is 2.30. The van der Waals surface area contributed by atoms with Crippen LogP contribution in [0.15, 0.2) is 54.6 Å². The first-order valence-corrected chi connectivity index (χ1v) is 6.90. The van der Waals surface area contributed by atoms with E-state index >= 15 is 0 Å². The maximum absolute atomic E-state index is 11.4. The zero-order valence-electron chi connectivity index (χ0n) is 11.9. The molecule has 0 aliphatic heterocycles. The minimum atomic E-state index is -1.57. The van der Waals surface area contributed by atoms with Crippen LogP contribution in [-0.4, -0.2) is 11.4 Å². The molecule has 0 aliphatic rings. The van der Waals surface area contributed by atoms with E-state index in [0.29, 0.717) is 23.3 Å². The lowest BCUT2D eigenvalue weighted by Gasteiger charge is -2.23. The van der Waals surface area contributed by atoms with E-state index in [0.717, 1.165) is 6.42 Å². The van der Waals surface area contributed by atoms with Crippen LogP contribution in [0.4, 0.5) is 0 Å². The summed E-state index contributed by atoms with van der Waals surface area (Å²) >= 11 is 0. The zero-order chi connectivity index (χ0) is 14.6. The highest BCUT2D eigenvalue weighted by molar-refractivity contribution is 5.72. The summed E-state index contributed by atoms with van der Waals surface area (Å²) in [7, 11) is 0. The standard InChI is InChI=1S/C18H20O2/c1-14(2)12-15-8-10-17(11-9-15)18(20,13-19)16-6-4-3-5-7-16/h3-11,13-14,20H,12H2,1-2H3. The van der Waals surface area contributed by atoms with Crippen molar-refractivity contribution in [2.45, 2.75) is 25.9 Å². The molecule has 1 unspecified atom stereocenters. The zero-order valence-corrected chi connectivity index (χ0v) is 11.9. The topological polar surface area (TPSA) is 37.3 Å². The molecule has 1 atom stereocenters. The van der Waals surface area contributed by atoms with E-state index in [9.17, 15) is 9.90 Å². The number of hydrogen-bond donors (Lipinski definition) is 1. The molecule has 0 heterocycles. The molecule has 2 heteroatoms. The van der Waals surface area contributed by atoms with Crippen molar-refractivity contribution in [3.63, 3.8) is 0 Å². The molecule has 0 radical (unpaired) electrons. The fourth-order valence-electron chi connectivity index (χ4n) is 2.36. The fourth-order valence-corrected chi connectivity index (χ4v) is 2.36. The van der Waals surface area contributed by atoms with Gasteiger partial charge in [-0.3, -0.25) is 4.79 Å². The van der Waals surface area contributed by atoms with Crippen molar-refractivity contribution in [1.82, 2.24) is 0 Å². The molecule has 0 saturated carbocycles. The van der Waals surface area contributed by atoms with E-state index in [4.69, 9.17) is 0 Å². The summed E-state index contributed by atoms with van der Waals surface area (Å²) in [5, 5.41) is 10.7. The Morgan fingerprint density at radius 1 is 1.00 bits per heavy atom. The second kappa shape index (κ2) is 6.02. The Kier molecular flexibility index (Phi) is 4.35. The molecule has 2 aromatic rings. The van der Waals surface area contributed by atoms with E-state index in [1.54, 1.807) is 12.1 Å². The highest BCUT2D eigenvalue weighted by atomic mass is 16.3. The Morgan fingerprint density at radius 2 is 1.55 bits per heavy atom. The van der Waals surface area contributed by atoms with Crippen LogP contribution in [0.1, 0.15) is 30.5 Å². The van der Waals surface area contributed by atoms with Gasteiger partial charge in [0.25, 0.3) is 0 Å². The second-order valence-electron chi connectivity index (χ2n) is 5.55. The minimum absolute atomic E-state index is 0.583. The largest absolute Gasteiger partial charge is 0.373 e. The third-order valence-corrected chi connectivity index (χ3v) is 3.42. The monoisotopic (exact) mass is 268 g/mol. The number of aliphatic hydroxyl groups is 1. The highest BCUT2D eigenvalue weighted by Crippen LogP contribution is 2.28. The summed E-state index contributed by atoms with van der Waals surface area (Å²) < 4.78 is 0. The molecule has 0 bridgehead atoms. The van der Waals surface area contributed by atoms with Gasteiger partial charge in [0.15, 0.2) is 11.9 Å². The first-order chi connectivity index (χ1) is 9.56. The van der Waals surface area contributed by atoms with Crippen molar-refractivity contribution in [2.24, 2.45) is 5.92 Å². The van der Waals surface area contributed by atoms with Gasteiger partial charge in [-0.15, -0.1) is 0 Å². The molecule has 0 fully saturated rings. The van der Waals surface area contributed by atoms with Crippen LogP contribution in [0, 0.1) is 5.92 Å². The Hall–Kier alpha value is -1.93. The lowest BCUT2D eigenvalue weighted by Crippen LogP contribution is -2.28. The lowest BCUT2D eigenvalue weighted by molar-refractivity contribution is -0.121. The summed E-state index contributed by atoms with van der Waals surface area (Å²) in [6, 6.07) is 16.6. The Morgan fingerprint density at radius 3 is 2.05 bits per heavy atom. The molecule has 2 nitrogen and oxygen atoms in total. The van der Waals surface area contributed by atoms with Gasteiger partial charge in [0.05, 0.1) is 0 Å². The van der Waals surface area contributed by atoms with E-state index in [2.05, 4.69) is 13.8 Å². The first kappa shape index (κ1) is 14.5. The van der Waals surface area contributed by atoms with Crippen LogP contribution in [0.5, 0.6) is 0 Å². The number of hydrogen-bond acceptors (Lipinski definition) is 2. The number of aldehydes is 1. The third-order valence-electron chi connectivity index (χ3n) is 3.42. The molecule has 0 aliphatic carbocycles. The van der Waals surface area contributed by atoms with Gasteiger partial charge in [0.2, 0.25) is 0 Å². The van der Waals surface area contributed by atoms with Crippen molar-refractivity contribution in [3.8, 4) is 0 Å². The van der Waals surface area contributed by atoms with Gasteiger partial charge in [-0.2, -0.15) is 0 Å². The molecule has 0 aromatic heterocycles. The molecule has 0 amide bonds.